The van der Waals surface area contributed by atoms with Crippen molar-refractivity contribution in [3.63, 3.8) is 0 Å². The quantitative estimate of drug-likeness (QED) is 0.605. The molecule has 0 aromatic carbocycles. The molecule has 0 saturated carbocycles. The van der Waals surface area contributed by atoms with Crippen molar-refractivity contribution < 1.29 is 19.1 Å². The third-order valence-corrected chi connectivity index (χ3v) is 2.51. The van der Waals surface area contributed by atoms with Crippen molar-refractivity contribution in [3.05, 3.63) is 0 Å². The number of ether oxygens (including phenoxy) is 2. The third-order valence-electron chi connectivity index (χ3n) is 2.51. The molecule has 112 valence electrons. The zero-order valence-corrected chi connectivity index (χ0v) is 12.9. The van der Waals surface area contributed by atoms with Crippen LogP contribution in [0.15, 0.2) is 0 Å². The molecule has 0 aliphatic heterocycles. The highest BCUT2D eigenvalue weighted by Gasteiger charge is 2.13. The maximum absolute atomic E-state index is 11.5. The van der Waals surface area contributed by atoms with Crippen molar-refractivity contribution in [2.24, 2.45) is 17.8 Å². The molecule has 1 atom stereocenters. The lowest BCUT2D eigenvalue weighted by molar-refractivity contribution is -0.148. The number of esters is 2. The van der Waals surface area contributed by atoms with Crippen molar-refractivity contribution in [2.45, 2.75) is 53.9 Å². The van der Waals surface area contributed by atoms with E-state index in [0.717, 1.165) is 0 Å². The minimum Gasteiger partial charge on any atom is -0.465 e. The van der Waals surface area contributed by atoms with Gasteiger partial charge in [0.15, 0.2) is 0 Å². The molecule has 19 heavy (non-hydrogen) atoms. The summed E-state index contributed by atoms with van der Waals surface area (Å²) in [4.78, 5) is 22.9. The van der Waals surface area contributed by atoms with Crippen LogP contribution in [0.5, 0.6) is 0 Å². The van der Waals surface area contributed by atoms with E-state index in [1.807, 2.05) is 34.6 Å². The van der Waals surface area contributed by atoms with Crippen molar-refractivity contribution >= 4 is 11.9 Å². The molecule has 0 N–H and O–H groups in total. The van der Waals surface area contributed by atoms with E-state index >= 15 is 0 Å². The van der Waals surface area contributed by atoms with Gasteiger partial charge in [0.25, 0.3) is 0 Å². The second kappa shape index (κ2) is 9.82. The minimum atomic E-state index is -0.184. The molecule has 4 nitrogen and oxygen atoms in total. The number of rotatable bonds is 9. The van der Waals surface area contributed by atoms with Crippen molar-refractivity contribution in [2.75, 3.05) is 13.2 Å². The van der Waals surface area contributed by atoms with Crippen LogP contribution in [0.1, 0.15) is 53.9 Å². The van der Waals surface area contributed by atoms with Gasteiger partial charge in [0.1, 0.15) is 0 Å². The first-order chi connectivity index (χ1) is 8.81. The molecule has 0 aliphatic rings. The van der Waals surface area contributed by atoms with Crippen LogP contribution in [0.4, 0.5) is 0 Å². The molecular weight excluding hydrogens is 244 g/mol. The Morgan fingerprint density at radius 1 is 0.842 bits per heavy atom. The number of carbonyl (C=O) groups is 2. The summed E-state index contributed by atoms with van der Waals surface area (Å²) in [6, 6.07) is 0. The second-order valence-corrected chi connectivity index (χ2v) is 6.00. The van der Waals surface area contributed by atoms with Crippen molar-refractivity contribution in [1.82, 2.24) is 0 Å². The number of hydrogen-bond donors (Lipinski definition) is 0. The second-order valence-electron chi connectivity index (χ2n) is 6.00. The first-order valence-corrected chi connectivity index (χ1v) is 7.12. The van der Waals surface area contributed by atoms with Crippen LogP contribution >= 0.6 is 0 Å². The summed E-state index contributed by atoms with van der Waals surface area (Å²) in [5, 5.41) is 0. The van der Waals surface area contributed by atoms with Gasteiger partial charge in [-0.1, -0.05) is 34.6 Å². The molecule has 4 heteroatoms. The van der Waals surface area contributed by atoms with E-state index in [2.05, 4.69) is 0 Å². The lowest BCUT2D eigenvalue weighted by Gasteiger charge is -2.12. The summed E-state index contributed by atoms with van der Waals surface area (Å²) in [7, 11) is 0. The van der Waals surface area contributed by atoms with Gasteiger partial charge < -0.3 is 9.47 Å². The molecule has 0 radical (unpaired) electrons. The summed E-state index contributed by atoms with van der Waals surface area (Å²) in [6.45, 7) is 10.9. The van der Waals surface area contributed by atoms with Crippen LogP contribution in [0.2, 0.25) is 0 Å². The standard InChI is InChI=1S/C15H28O4/c1-11(2)9-18-14(16)7-6-13(5)8-15(17)19-10-12(3)4/h11-13H,6-10H2,1-5H3. The van der Waals surface area contributed by atoms with Crippen LogP contribution in [-0.4, -0.2) is 25.2 Å². The predicted molar refractivity (Wildman–Crippen MR) is 74.6 cm³/mol. The van der Waals surface area contributed by atoms with E-state index in [9.17, 15) is 9.59 Å². The van der Waals surface area contributed by atoms with Crippen LogP contribution in [0, 0.1) is 17.8 Å². The average molecular weight is 272 g/mol. The highest BCUT2D eigenvalue weighted by Crippen LogP contribution is 2.12. The number of hydrogen-bond acceptors (Lipinski definition) is 4. The zero-order chi connectivity index (χ0) is 14.8. The first kappa shape index (κ1) is 17.9. The molecule has 0 fully saturated rings. The van der Waals surface area contributed by atoms with Gasteiger partial charge in [0.05, 0.1) is 13.2 Å². The summed E-state index contributed by atoms with van der Waals surface area (Å²) >= 11 is 0. The fourth-order valence-electron chi connectivity index (χ4n) is 1.40. The van der Waals surface area contributed by atoms with Gasteiger partial charge in [-0.25, -0.2) is 0 Å². The van der Waals surface area contributed by atoms with E-state index < -0.39 is 0 Å². The Kier molecular flexibility index (Phi) is 9.27. The Balaban J connectivity index is 3.71. The summed E-state index contributed by atoms with van der Waals surface area (Å²) < 4.78 is 10.2. The molecule has 0 aromatic rings. The lowest BCUT2D eigenvalue weighted by atomic mass is 10.0. The van der Waals surface area contributed by atoms with Crippen LogP contribution < -0.4 is 0 Å². The van der Waals surface area contributed by atoms with Gasteiger partial charge in [0.2, 0.25) is 0 Å². The van der Waals surface area contributed by atoms with Gasteiger partial charge >= 0.3 is 11.9 Å². The zero-order valence-electron chi connectivity index (χ0n) is 12.9. The topological polar surface area (TPSA) is 52.6 Å². The van der Waals surface area contributed by atoms with Gasteiger partial charge in [-0.05, 0) is 24.2 Å². The fraction of sp³-hybridized carbons (Fsp3) is 0.867. The fourth-order valence-corrected chi connectivity index (χ4v) is 1.40. The van der Waals surface area contributed by atoms with Crippen LogP contribution in [0.3, 0.4) is 0 Å². The Bertz CT molecular complexity index is 271. The van der Waals surface area contributed by atoms with Gasteiger partial charge in [-0.2, -0.15) is 0 Å². The van der Waals surface area contributed by atoms with Crippen LogP contribution in [-0.2, 0) is 19.1 Å². The molecule has 0 amide bonds. The summed E-state index contributed by atoms with van der Waals surface area (Å²) in [6.07, 6.45) is 1.39. The van der Waals surface area contributed by atoms with E-state index in [1.165, 1.54) is 0 Å². The molecule has 0 aromatic heterocycles. The van der Waals surface area contributed by atoms with E-state index in [1.54, 1.807) is 0 Å². The maximum Gasteiger partial charge on any atom is 0.306 e. The summed E-state index contributed by atoms with van der Waals surface area (Å²) in [5.41, 5.74) is 0. The molecule has 1 unspecified atom stereocenters. The minimum absolute atomic E-state index is 0.145. The van der Waals surface area contributed by atoms with Gasteiger partial charge in [-0.3, -0.25) is 9.59 Å². The Labute approximate surface area is 116 Å². The van der Waals surface area contributed by atoms with E-state index in [-0.39, 0.29) is 17.9 Å². The van der Waals surface area contributed by atoms with Crippen molar-refractivity contribution in [3.8, 4) is 0 Å². The molecule has 0 saturated heterocycles. The Hall–Kier alpha value is -1.06. The summed E-state index contributed by atoms with van der Waals surface area (Å²) in [5.74, 6) is 0.483. The SMILES string of the molecule is CC(C)COC(=O)CCC(C)CC(=O)OCC(C)C. The first-order valence-electron chi connectivity index (χ1n) is 7.12. The molecule has 0 rings (SSSR count). The third kappa shape index (κ3) is 11.7. The lowest BCUT2D eigenvalue weighted by Crippen LogP contribution is -2.15. The highest BCUT2D eigenvalue weighted by molar-refractivity contribution is 5.70. The molecular formula is C15H28O4. The van der Waals surface area contributed by atoms with Gasteiger partial charge in [0, 0.05) is 12.8 Å². The van der Waals surface area contributed by atoms with Crippen LogP contribution in [0.25, 0.3) is 0 Å². The highest BCUT2D eigenvalue weighted by atomic mass is 16.5. The largest absolute Gasteiger partial charge is 0.465 e. The normalized spacial score (nSPS) is 12.6. The smallest absolute Gasteiger partial charge is 0.306 e. The molecule has 0 heterocycles. The molecule has 0 aliphatic carbocycles. The number of carbonyl (C=O) groups excluding carboxylic acids is 2. The average Bonchev–Trinajstić information content (AvgIpc) is 2.31. The van der Waals surface area contributed by atoms with E-state index in [4.69, 9.17) is 9.47 Å². The Morgan fingerprint density at radius 2 is 1.32 bits per heavy atom. The maximum atomic E-state index is 11.5. The molecule has 0 bridgehead atoms. The predicted octanol–water partition coefficient (Wildman–Crippen LogP) is 3.19. The molecule has 0 spiro atoms. The van der Waals surface area contributed by atoms with Crippen molar-refractivity contribution in [1.29, 1.82) is 0 Å². The van der Waals surface area contributed by atoms with Gasteiger partial charge in [-0.15, -0.1) is 0 Å². The Morgan fingerprint density at radius 3 is 1.79 bits per heavy atom. The van der Waals surface area contributed by atoms with E-state index in [0.29, 0.717) is 44.3 Å². The monoisotopic (exact) mass is 272 g/mol.